The summed E-state index contributed by atoms with van der Waals surface area (Å²) >= 11 is 6.92. The lowest BCUT2D eigenvalue weighted by Gasteiger charge is -2.11. The Hall–Kier alpha value is -1.11. The Morgan fingerprint density at radius 2 is 1.95 bits per heavy atom. The zero-order valence-electron chi connectivity index (χ0n) is 11.6. The van der Waals surface area contributed by atoms with Crippen LogP contribution >= 0.6 is 31.9 Å². The Morgan fingerprint density at radius 3 is 2.67 bits per heavy atom. The van der Waals surface area contributed by atoms with Crippen molar-refractivity contribution in [1.82, 2.24) is 10.3 Å². The molecule has 0 saturated carbocycles. The van der Waals surface area contributed by atoms with Crippen LogP contribution in [0.25, 0.3) is 0 Å². The Labute approximate surface area is 141 Å². The highest BCUT2D eigenvalue weighted by atomic mass is 79.9. The normalized spacial score (nSPS) is 10.4. The van der Waals surface area contributed by atoms with Crippen LogP contribution in [0.2, 0.25) is 0 Å². The lowest BCUT2D eigenvalue weighted by Crippen LogP contribution is -2.20. The summed E-state index contributed by atoms with van der Waals surface area (Å²) in [5.74, 6) is 1.55. The Balaban J connectivity index is 1.77. The van der Waals surface area contributed by atoms with Gasteiger partial charge in [0, 0.05) is 25.5 Å². The standard InChI is InChI=1S/C15H16Br2N2O2/c1-20-14-7-13(17)15(8-12(14)16)21-6-5-19-10-11-3-2-4-18-9-11/h2-4,7-9,19H,5-6,10H2,1H3. The van der Waals surface area contributed by atoms with Gasteiger partial charge < -0.3 is 14.8 Å². The number of halogens is 2. The van der Waals surface area contributed by atoms with Crippen molar-refractivity contribution in [3.05, 3.63) is 51.2 Å². The molecule has 112 valence electrons. The maximum Gasteiger partial charge on any atom is 0.134 e. The highest BCUT2D eigenvalue weighted by Crippen LogP contribution is 2.35. The van der Waals surface area contributed by atoms with Crippen LogP contribution in [-0.2, 0) is 6.54 Å². The van der Waals surface area contributed by atoms with E-state index in [1.54, 1.807) is 13.3 Å². The highest BCUT2D eigenvalue weighted by molar-refractivity contribution is 9.11. The number of pyridine rings is 1. The number of rotatable bonds is 7. The van der Waals surface area contributed by atoms with Crippen molar-refractivity contribution in [2.45, 2.75) is 6.54 Å². The minimum absolute atomic E-state index is 0.581. The van der Waals surface area contributed by atoms with Crippen LogP contribution in [0.15, 0.2) is 45.6 Å². The molecule has 0 atom stereocenters. The molecule has 0 unspecified atom stereocenters. The van der Waals surface area contributed by atoms with Gasteiger partial charge in [-0.05, 0) is 55.6 Å². The monoisotopic (exact) mass is 414 g/mol. The van der Waals surface area contributed by atoms with E-state index in [4.69, 9.17) is 9.47 Å². The van der Waals surface area contributed by atoms with E-state index < -0.39 is 0 Å². The summed E-state index contributed by atoms with van der Waals surface area (Å²) in [6, 6.07) is 7.74. The maximum atomic E-state index is 5.74. The predicted octanol–water partition coefficient (Wildman–Crippen LogP) is 3.78. The van der Waals surface area contributed by atoms with E-state index in [-0.39, 0.29) is 0 Å². The highest BCUT2D eigenvalue weighted by Gasteiger charge is 2.07. The quantitative estimate of drug-likeness (QED) is 0.698. The summed E-state index contributed by atoms with van der Waals surface area (Å²) < 4.78 is 12.7. The SMILES string of the molecule is COc1cc(Br)c(OCCNCc2cccnc2)cc1Br. The van der Waals surface area contributed by atoms with Crippen molar-refractivity contribution < 1.29 is 9.47 Å². The van der Waals surface area contributed by atoms with Gasteiger partial charge in [-0.3, -0.25) is 4.98 Å². The van der Waals surface area contributed by atoms with Crippen molar-refractivity contribution >= 4 is 31.9 Å². The first-order chi connectivity index (χ1) is 10.2. The van der Waals surface area contributed by atoms with Gasteiger partial charge in [-0.15, -0.1) is 0 Å². The number of ether oxygens (including phenoxy) is 2. The van der Waals surface area contributed by atoms with Gasteiger partial charge in [-0.25, -0.2) is 0 Å². The number of benzene rings is 1. The van der Waals surface area contributed by atoms with Gasteiger partial charge in [0.1, 0.15) is 18.1 Å². The fourth-order valence-electron chi connectivity index (χ4n) is 1.75. The molecular weight excluding hydrogens is 400 g/mol. The van der Waals surface area contributed by atoms with Crippen LogP contribution in [0.1, 0.15) is 5.56 Å². The van der Waals surface area contributed by atoms with E-state index in [9.17, 15) is 0 Å². The number of nitrogens with zero attached hydrogens (tertiary/aromatic N) is 1. The average Bonchev–Trinajstić information content (AvgIpc) is 2.51. The smallest absolute Gasteiger partial charge is 0.134 e. The third-order valence-electron chi connectivity index (χ3n) is 2.79. The van der Waals surface area contributed by atoms with Gasteiger partial charge in [0.2, 0.25) is 0 Å². The van der Waals surface area contributed by atoms with Crippen LogP contribution < -0.4 is 14.8 Å². The topological polar surface area (TPSA) is 43.4 Å². The average molecular weight is 416 g/mol. The van der Waals surface area contributed by atoms with Crippen molar-refractivity contribution in [2.75, 3.05) is 20.3 Å². The molecule has 0 aliphatic carbocycles. The third-order valence-corrected chi connectivity index (χ3v) is 4.03. The van der Waals surface area contributed by atoms with Gasteiger partial charge in [0.15, 0.2) is 0 Å². The molecule has 0 spiro atoms. The number of nitrogens with one attached hydrogen (secondary N) is 1. The van der Waals surface area contributed by atoms with E-state index in [1.165, 1.54) is 0 Å². The molecule has 1 N–H and O–H groups in total. The molecule has 21 heavy (non-hydrogen) atoms. The molecule has 0 amide bonds. The number of hydrogen-bond acceptors (Lipinski definition) is 4. The second kappa shape index (κ2) is 8.36. The molecule has 1 aromatic heterocycles. The summed E-state index contributed by atoms with van der Waals surface area (Å²) in [7, 11) is 1.63. The van der Waals surface area contributed by atoms with Crippen molar-refractivity contribution in [3.63, 3.8) is 0 Å². The van der Waals surface area contributed by atoms with Crippen LogP contribution in [0, 0.1) is 0 Å². The summed E-state index contributed by atoms with van der Waals surface area (Å²) in [4.78, 5) is 4.07. The Bertz CT molecular complexity index is 579. The molecule has 0 aliphatic rings. The van der Waals surface area contributed by atoms with Gasteiger partial charge in [0.25, 0.3) is 0 Å². The summed E-state index contributed by atoms with van der Waals surface area (Å²) in [6.07, 6.45) is 3.62. The molecule has 1 heterocycles. The fraction of sp³-hybridized carbons (Fsp3) is 0.267. The molecule has 4 nitrogen and oxygen atoms in total. The third kappa shape index (κ3) is 4.98. The zero-order valence-corrected chi connectivity index (χ0v) is 14.8. The first-order valence-corrected chi connectivity index (χ1v) is 8.04. The molecule has 0 saturated heterocycles. The van der Waals surface area contributed by atoms with Crippen molar-refractivity contribution in [2.24, 2.45) is 0 Å². The zero-order chi connectivity index (χ0) is 15.1. The molecule has 0 fully saturated rings. The predicted molar refractivity (Wildman–Crippen MR) is 89.8 cm³/mol. The molecule has 0 bridgehead atoms. The first kappa shape index (κ1) is 16.3. The van der Waals surface area contributed by atoms with Gasteiger partial charge in [0.05, 0.1) is 16.1 Å². The van der Waals surface area contributed by atoms with E-state index in [2.05, 4.69) is 42.2 Å². The first-order valence-electron chi connectivity index (χ1n) is 6.46. The van der Waals surface area contributed by atoms with Crippen molar-refractivity contribution in [3.8, 4) is 11.5 Å². The summed E-state index contributed by atoms with van der Waals surface area (Å²) in [5.41, 5.74) is 1.16. The van der Waals surface area contributed by atoms with Crippen LogP contribution in [0.4, 0.5) is 0 Å². The second-order valence-electron chi connectivity index (χ2n) is 4.30. The fourth-order valence-corrected chi connectivity index (χ4v) is 2.67. The second-order valence-corrected chi connectivity index (χ2v) is 6.01. The Morgan fingerprint density at radius 1 is 1.19 bits per heavy atom. The molecule has 2 rings (SSSR count). The minimum atomic E-state index is 0.581. The number of hydrogen-bond donors (Lipinski definition) is 1. The minimum Gasteiger partial charge on any atom is -0.496 e. The lowest BCUT2D eigenvalue weighted by atomic mass is 10.3. The number of methoxy groups -OCH3 is 1. The van der Waals surface area contributed by atoms with E-state index in [0.717, 1.165) is 39.1 Å². The van der Waals surface area contributed by atoms with Gasteiger partial charge in [-0.2, -0.15) is 0 Å². The summed E-state index contributed by atoms with van der Waals surface area (Å²) in [5, 5.41) is 3.31. The molecule has 0 aliphatic heterocycles. The van der Waals surface area contributed by atoms with Crippen LogP contribution in [0.5, 0.6) is 11.5 Å². The molecule has 6 heteroatoms. The van der Waals surface area contributed by atoms with E-state index >= 15 is 0 Å². The molecule has 0 radical (unpaired) electrons. The largest absolute Gasteiger partial charge is 0.496 e. The van der Waals surface area contributed by atoms with Gasteiger partial charge >= 0.3 is 0 Å². The lowest BCUT2D eigenvalue weighted by molar-refractivity contribution is 0.310. The van der Waals surface area contributed by atoms with Crippen LogP contribution in [0.3, 0.4) is 0 Å². The Kier molecular flexibility index (Phi) is 6.48. The van der Waals surface area contributed by atoms with E-state index in [0.29, 0.717) is 6.61 Å². The summed E-state index contributed by atoms with van der Waals surface area (Å²) in [6.45, 7) is 2.12. The van der Waals surface area contributed by atoms with Crippen molar-refractivity contribution in [1.29, 1.82) is 0 Å². The number of aromatic nitrogens is 1. The molecule has 2 aromatic rings. The van der Waals surface area contributed by atoms with Gasteiger partial charge in [-0.1, -0.05) is 6.07 Å². The molecular formula is C15H16Br2N2O2. The molecule has 1 aromatic carbocycles. The van der Waals surface area contributed by atoms with E-state index in [1.807, 2.05) is 30.5 Å². The van der Waals surface area contributed by atoms with Crippen LogP contribution in [-0.4, -0.2) is 25.2 Å². The maximum absolute atomic E-state index is 5.74.